The van der Waals surface area contributed by atoms with Gasteiger partial charge in [0, 0.05) is 6.04 Å². The van der Waals surface area contributed by atoms with Gasteiger partial charge in [0.2, 0.25) is 0 Å². The summed E-state index contributed by atoms with van der Waals surface area (Å²) in [5.74, 6) is 0.558. The van der Waals surface area contributed by atoms with Crippen LogP contribution in [0.3, 0.4) is 0 Å². The van der Waals surface area contributed by atoms with Crippen molar-refractivity contribution in [2.45, 2.75) is 44.6 Å². The average molecular weight is 329 g/mol. The molecule has 23 heavy (non-hydrogen) atoms. The predicted octanol–water partition coefficient (Wildman–Crippen LogP) is 4.03. The summed E-state index contributed by atoms with van der Waals surface area (Å²) in [7, 11) is -3.51. The summed E-state index contributed by atoms with van der Waals surface area (Å²) in [6.07, 6.45) is 1.73. The third kappa shape index (κ3) is 3.00. The maximum atomic E-state index is 13.1. The standard InChI is InChI=1S/C19H23NO2S/c1-14(2)12-16-8-10-18(11-9-16)23(21,22)20-15(3)13-17-6-4-5-7-19(17)20/h4-11,14-15H,12-13H2,1-3H3/t15-/m1/s1. The molecule has 0 spiro atoms. The van der Waals surface area contributed by atoms with Crippen LogP contribution in [-0.2, 0) is 22.9 Å². The molecular weight excluding hydrogens is 306 g/mol. The Hall–Kier alpha value is -1.81. The van der Waals surface area contributed by atoms with E-state index < -0.39 is 10.0 Å². The number of benzene rings is 2. The zero-order valence-electron chi connectivity index (χ0n) is 13.9. The van der Waals surface area contributed by atoms with E-state index in [1.54, 1.807) is 16.4 Å². The molecule has 3 nitrogen and oxygen atoms in total. The first-order chi connectivity index (χ1) is 10.9. The summed E-state index contributed by atoms with van der Waals surface area (Å²) in [4.78, 5) is 0.369. The minimum atomic E-state index is -3.51. The van der Waals surface area contributed by atoms with E-state index in [0.29, 0.717) is 10.8 Å². The lowest BCUT2D eigenvalue weighted by atomic mass is 10.0. The van der Waals surface area contributed by atoms with Gasteiger partial charge in [-0.25, -0.2) is 8.42 Å². The van der Waals surface area contributed by atoms with Crippen molar-refractivity contribution in [3.05, 3.63) is 59.7 Å². The number of para-hydroxylation sites is 1. The molecular formula is C19H23NO2S. The monoisotopic (exact) mass is 329 g/mol. The molecule has 0 aliphatic carbocycles. The van der Waals surface area contributed by atoms with Crippen LogP contribution in [0.25, 0.3) is 0 Å². The van der Waals surface area contributed by atoms with Crippen LogP contribution in [0.2, 0.25) is 0 Å². The Bertz CT molecular complexity index is 794. The van der Waals surface area contributed by atoms with Crippen molar-refractivity contribution in [3.63, 3.8) is 0 Å². The molecule has 3 rings (SSSR count). The van der Waals surface area contributed by atoms with E-state index in [1.165, 1.54) is 5.56 Å². The second kappa shape index (κ2) is 6.00. The first kappa shape index (κ1) is 16.1. The Morgan fingerprint density at radius 1 is 1.09 bits per heavy atom. The normalized spacial score (nSPS) is 17.6. The molecule has 0 radical (unpaired) electrons. The zero-order chi connectivity index (χ0) is 16.6. The van der Waals surface area contributed by atoms with Crippen LogP contribution in [0.15, 0.2) is 53.4 Å². The topological polar surface area (TPSA) is 37.4 Å². The molecule has 0 bridgehead atoms. The minimum Gasteiger partial charge on any atom is -0.263 e. The fraction of sp³-hybridized carbons (Fsp3) is 0.368. The summed E-state index contributed by atoms with van der Waals surface area (Å²) in [6.45, 7) is 6.28. The number of fused-ring (bicyclic) bond motifs is 1. The SMILES string of the molecule is CC(C)Cc1ccc(S(=O)(=O)N2c3ccccc3C[C@H]2C)cc1. The van der Waals surface area contributed by atoms with Crippen molar-refractivity contribution in [2.24, 2.45) is 5.92 Å². The van der Waals surface area contributed by atoms with Gasteiger partial charge in [0.05, 0.1) is 10.6 Å². The number of hydrogen-bond acceptors (Lipinski definition) is 2. The highest BCUT2D eigenvalue weighted by atomic mass is 32.2. The van der Waals surface area contributed by atoms with Crippen molar-refractivity contribution < 1.29 is 8.42 Å². The maximum absolute atomic E-state index is 13.1. The third-order valence-electron chi connectivity index (χ3n) is 4.27. The van der Waals surface area contributed by atoms with E-state index >= 15 is 0 Å². The van der Waals surface area contributed by atoms with Gasteiger partial charge in [0.1, 0.15) is 0 Å². The van der Waals surface area contributed by atoms with Gasteiger partial charge in [-0.05, 0) is 55.0 Å². The van der Waals surface area contributed by atoms with E-state index in [1.807, 2.05) is 43.3 Å². The zero-order valence-corrected chi connectivity index (χ0v) is 14.7. The smallest absolute Gasteiger partial charge is 0.263 e. The lowest BCUT2D eigenvalue weighted by molar-refractivity contribution is 0.584. The molecule has 0 amide bonds. The van der Waals surface area contributed by atoms with E-state index in [4.69, 9.17) is 0 Å². The molecule has 0 unspecified atom stereocenters. The molecule has 0 saturated heterocycles. The fourth-order valence-electron chi connectivity index (χ4n) is 3.29. The summed E-state index contributed by atoms with van der Waals surface area (Å²) in [5.41, 5.74) is 3.08. The van der Waals surface area contributed by atoms with Gasteiger partial charge in [0.25, 0.3) is 10.0 Å². The second-order valence-corrected chi connectivity index (χ2v) is 8.54. The Morgan fingerprint density at radius 2 is 1.74 bits per heavy atom. The molecule has 0 N–H and O–H groups in total. The first-order valence-corrected chi connectivity index (χ1v) is 9.55. The summed E-state index contributed by atoms with van der Waals surface area (Å²) < 4.78 is 27.7. The molecule has 0 aromatic heterocycles. The minimum absolute atomic E-state index is 0.0484. The lowest BCUT2D eigenvalue weighted by Crippen LogP contribution is -2.35. The second-order valence-electron chi connectivity index (χ2n) is 6.72. The van der Waals surface area contributed by atoms with Crippen molar-refractivity contribution in [1.29, 1.82) is 0 Å². The van der Waals surface area contributed by atoms with Gasteiger partial charge in [-0.3, -0.25) is 4.31 Å². The summed E-state index contributed by atoms with van der Waals surface area (Å²) in [6, 6.07) is 15.0. The van der Waals surface area contributed by atoms with Crippen LogP contribution in [0.4, 0.5) is 5.69 Å². The van der Waals surface area contributed by atoms with Gasteiger partial charge < -0.3 is 0 Å². The summed E-state index contributed by atoms with van der Waals surface area (Å²) in [5, 5.41) is 0. The molecule has 0 saturated carbocycles. The number of anilines is 1. The van der Waals surface area contributed by atoms with E-state index in [9.17, 15) is 8.42 Å². The van der Waals surface area contributed by atoms with Gasteiger partial charge in [-0.15, -0.1) is 0 Å². The van der Waals surface area contributed by atoms with Crippen molar-refractivity contribution in [1.82, 2.24) is 0 Å². The van der Waals surface area contributed by atoms with Gasteiger partial charge in [0.15, 0.2) is 0 Å². The Labute approximate surface area is 139 Å². The predicted molar refractivity (Wildman–Crippen MR) is 94.3 cm³/mol. The molecule has 0 fully saturated rings. The van der Waals surface area contributed by atoms with E-state index in [-0.39, 0.29) is 6.04 Å². The quantitative estimate of drug-likeness (QED) is 0.849. The van der Waals surface area contributed by atoms with Crippen molar-refractivity contribution in [3.8, 4) is 0 Å². The number of hydrogen-bond donors (Lipinski definition) is 0. The average Bonchev–Trinajstić information content (AvgIpc) is 2.83. The Balaban J connectivity index is 1.96. The summed E-state index contributed by atoms with van der Waals surface area (Å²) >= 11 is 0. The Kier molecular flexibility index (Phi) is 4.19. The van der Waals surface area contributed by atoms with Crippen LogP contribution in [-0.4, -0.2) is 14.5 Å². The van der Waals surface area contributed by atoms with Crippen LogP contribution in [0, 0.1) is 5.92 Å². The van der Waals surface area contributed by atoms with Crippen LogP contribution >= 0.6 is 0 Å². The van der Waals surface area contributed by atoms with Crippen LogP contribution < -0.4 is 4.31 Å². The fourth-order valence-corrected chi connectivity index (χ4v) is 4.98. The van der Waals surface area contributed by atoms with E-state index in [2.05, 4.69) is 13.8 Å². The van der Waals surface area contributed by atoms with Crippen molar-refractivity contribution in [2.75, 3.05) is 4.31 Å². The molecule has 1 heterocycles. The van der Waals surface area contributed by atoms with Crippen LogP contribution in [0.1, 0.15) is 31.9 Å². The third-order valence-corrected chi connectivity index (χ3v) is 6.21. The van der Waals surface area contributed by atoms with Gasteiger partial charge >= 0.3 is 0 Å². The highest BCUT2D eigenvalue weighted by Crippen LogP contribution is 2.36. The molecule has 2 aromatic carbocycles. The maximum Gasteiger partial charge on any atom is 0.264 e. The molecule has 1 aliphatic heterocycles. The number of nitrogens with zero attached hydrogens (tertiary/aromatic N) is 1. The molecule has 2 aromatic rings. The van der Waals surface area contributed by atoms with Crippen molar-refractivity contribution >= 4 is 15.7 Å². The first-order valence-electron chi connectivity index (χ1n) is 8.11. The molecule has 1 aliphatic rings. The molecule has 4 heteroatoms. The van der Waals surface area contributed by atoms with Crippen LogP contribution in [0.5, 0.6) is 0 Å². The van der Waals surface area contributed by atoms with Gasteiger partial charge in [-0.2, -0.15) is 0 Å². The number of sulfonamides is 1. The number of rotatable bonds is 4. The Morgan fingerprint density at radius 3 is 2.39 bits per heavy atom. The molecule has 1 atom stereocenters. The largest absolute Gasteiger partial charge is 0.264 e. The van der Waals surface area contributed by atoms with Gasteiger partial charge in [-0.1, -0.05) is 44.2 Å². The highest BCUT2D eigenvalue weighted by Gasteiger charge is 2.35. The highest BCUT2D eigenvalue weighted by molar-refractivity contribution is 7.92. The molecule has 122 valence electrons. The van der Waals surface area contributed by atoms with E-state index in [0.717, 1.165) is 24.1 Å². The lowest BCUT2D eigenvalue weighted by Gasteiger charge is -2.24.